The summed E-state index contributed by atoms with van der Waals surface area (Å²) in [6, 6.07) is 6.33. The standard InChI is InChI=1S/C19H23FN2.C3H8/c1-5-12-8-7-11-22-14-10-6-9-13-15(14)16(17(12)22)21-19(4,20)18(13,2)3;1-3-2/h5-6,9-10,21H,7-8,11H2,1-4H3;3H2,1-2H3/b12-5-;/t19-;/m1./s1. The van der Waals surface area contributed by atoms with E-state index in [1.165, 1.54) is 28.6 Å². The molecule has 1 aromatic heterocycles. The number of rotatable bonds is 0. The Morgan fingerprint density at radius 1 is 1.24 bits per heavy atom. The molecular formula is C22H31FN2. The molecule has 1 N–H and O–H groups in total. The summed E-state index contributed by atoms with van der Waals surface area (Å²) in [4.78, 5) is 0. The third-order valence-corrected chi connectivity index (χ3v) is 5.78. The van der Waals surface area contributed by atoms with Crippen LogP contribution in [0.25, 0.3) is 16.5 Å². The molecule has 0 aliphatic carbocycles. The van der Waals surface area contributed by atoms with Crippen molar-refractivity contribution in [2.75, 3.05) is 5.32 Å². The van der Waals surface area contributed by atoms with Crippen molar-refractivity contribution in [3.8, 4) is 0 Å². The number of alkyl halides is 1. The number of fused-ring (bicyclic) bond motifs is 3. The lowest BCUT2D eigenvalue weighted by atomic mass is 9.72. The van der Waals surface area contributed by atoms with E-state index in [4.69, 9.17) is 0 Å². The number of hydrogen-bond donors (Lipinski definition) is 1. The van der Waals surface area contributed by atoms with Crippen molar-refractivity contribution in [1.82, 2.24) is 4.57 Å². The summed E-state index contributed by atoms with van der Waals surface area (Å²) in [7, 11) is 0. The lowest BCUT2D eigenvalue weighted by Crippen LogP contribution is -2.50. The van der Waals surface area contributed by atoms with Gasteiger partial charge < -0.3 is 9.88 Å². The van der Waals surface area contributed by atoms with Crippen molar-refractivity contribution in [3.63, 3.8) is 0 Å². The van der Waals surface area contributed by atoms with Crippen LogP contribution in [0.5, 0.6) is 0 Å². The fourth-order valence-corrected chi connectivity index (χ4v) is 4.08. The maximum atomic E-state index is 15.4. The molecule has 0 fully saturated rings. The molecule has 0 saturated carbocycles. The predicted octanol–water partition coefficient (Wildman–Crippen LogP) is 6.64. The maximum Gasteiger partial charge on any atom is 0.186 e. The summed E-state index contributed by atoms with van der Waals surface area (Å²) in [5.41, 5.74) is 5.29. The first-order valence-corrected chi connectivity index (χ1v) is 9.58. The lowest BCUT2D eigenvalue weighted by Gasteiger charge is -2.43. The van der Waals surface area contributed by atoms with Gasteiger partial charge in [-0.25, -0.2) is 4.39 Å². The molecule has 1 aromatic carbocycles. The third-order valence-electron chi connectivity index (χ3n) is 5.78. The lowest BCUT2D eigenvalue weighted by molar-refractivity contribution is 0.123. The van der Waals surface area contributed by atoms with Crippen LogP contribution in [0, 0.1) is 0 Å². The Labute approximate surface area is 151 Å². The Morgan fingerprint density at radius 3 is 2.56 bits per heavy atom. The van der Waals surface area contributed by atoms with Crippen LogP contribution >= 0.6 is 0 Å². The van der Waals surface area contributed by atoms with Crippen LogP contribution < -0.4 is 5.32 Å². The Bertz CT molecular complexity index is 824. The first kappa shape index (κ1) is 18.0. The van der Waals surface area contributed by atoms with Gasteiger partial charge in [0.1, 0.15) is 0 Å². The molecule has 3 heterocycles. The number of hydrogen-bond acceptors (Lipinski definition) is 1. The zero-order valence-corrected chi connectivity index (χ0v) is 16.5. The summed E-state index contributed by atoms with van der Waals surface area (Å²) in [6.07, 6.45) is 5.65. The van der Waals surface area contributed by atoms with Gasteiger partial charge in [0.15, 0.2) is 5.79 Å². The molecular weight excluding hydrogens is 311 g/mol. The summed E-state index contributed by atoms with van der Waals surface area (Å²) >= 11 is 0. The fraction of sp³-hybridized carbons (Fsp3) is 0.545. The van der Waals surface area contributed by atoms with Crippen molar-refractivity contribution < 1.29 is 4.39 Å². The Kier molecular flexibility index (Phi) is 4.47. The van der Waals surface area contributed by atoms with Gasteiger partial charge in [0, 0.05) is 17.3 Å². The molecule has 0 spiro atoms. The molecule has 2 aliphatic heterocycles. The number of nitrogens with zero attached hydrogens (tertiary/aromatic N) is 1. The number of aromatic nitrogens is 1. The summed E-state index contributed by atoms with van der Waals surface area (Å²) < 4.78 is 17.8. The highest BCUT2D eigenvalue weighted by atomic mass is 19.1. The van der Waals surface area contributed by atoms with E-state index in [1.54, 1.807) is 6.92 Å². The molecule has 2 nitrogen and oxygen atoms in total. The maximum absolute atomic E-state index is 15.4. The molecule has 0 saturated heterocycles. The second kappa shape index (κ2) is 6.19. The predicted molar refractivity (Wildman–Crippen MR) is 107 cm³/mol. The van der Waals surface area contributed by atoms with Gasteiger partial charge in [0.25, 0.3) is 0 Å². The molecule has 136 valence electrons. The average molecular weight is 343 g/mol. The van der Waals surface area contributed by atoms with Gasteiger partial charge in [-0.3, -0.25) is 0 Å². The minimum absolute atomic E-state index is 0.562. The molecule has 0 radical (unpaired) electrons. The van der Waals surface area contributed by atoms with E-state index >= 15 is 4.39 Å². The minimum Gasteiger partial charge on any atom is -0.351 e. The van der Waals surface area contributed by atoms with Gasteiger partial charge in [-0.05, 0) is 43.9 Å². The van der Waals surface area contributed by atoms with Crippen LogP contribution in [0.2, 0.25) is 0 Å². The Hall–Kier alpha value is -1.77. The van der Waals surface area contributed by atoms with E-state index in [0.717, 1.165) is 30.6 Å². The zero-order valence-electron chi connectivity index (χ0n) is 16.5. The van der Waals surface area contributed by atoms with Crippen molar-refractivity contribution in [3.05, 3.63) is 35.5 Å². The van der Waals surface area contributed by atoms with Gasteiger partial charge in [-0.1, -0.05) is 52.3 Å². The molecule has 1 atom stereocenters. The monoisotopic (exact) mass is 342 g/mol. The molecule has 0 bridgehead atoms. The molecule has 0 amide bonds. The van der Waals surface area contributed by atoms with Crippen LogP contribution in [-0.4, -0.2) is 10.4 Å². The van der Waals surface area contributed by atoms with E-state index in [0.29, 0.717) is 0 Å². The zero-order chi connectivity index (χ0) is 18.4. The van der Waals surface area contributed by atoms with Crippen molar-refractivity contribution in [2.24, 2.45) is 0 Å². The van der Waals surface area contributed by atoms with Gasteiger partial charge in [-0.2, -0.15) is 0 Å². The van der Waals surface area contributed by atoms with E-state index in [1.807, 2.05) is 13.8 Å². The van der Waals surface area contributed by atoms with Crippen LogP contribution in [0.15, 0.2) is 24.3 Å². The number of nitrogens with one attached hydrogen (secondary N) is 1. The topological polar surface area (TPSA) is 17.0 Å². The van der Waals surface area contributed by atoms with Crippen molar-refractivity contribution in [2.45, 2.75) is 78.6 Å². The fourth-order valence-electron chi connectivity index (χ4n) is 4.08. The quantitative estimate of drug-likeness (QED) is 0.531. The van der Waals surface area contributed by atoms with E-state index < -0.39 is 11.2 Å². The first-order chi connectivity index (χ1) is 11.8. The highest BCUT2D eigenvalue weighted by Crippen LogP contribution is 2.52. The second-order valence-corrected chi connectivity index (χ2v) is 7.95. The van der Waals surface area contributed by atoms with Gasteiger partial charge >= 0.3 is 0 Å². The molecule has 0 unspecified atom stereocenters. The largest absolute Gasteiger partial charge is 0.351 e. The van der Waals surface area contributed by atoms with E-state index in [-0.39, 0.29) is 0 Å². The number of allylic oxidation sites excluding steroid dienone is 2. The number of anilines is 1. The third kappa shape index (κ3) is 2.51. The minimum atomic E-state index is -1.47. The van der Waals surface area contributed by atoms with Crippen LogP contribution in [0.4, 0.5) is 10.1 Å². The molecule has 25 heavy (non-hydrogen) atoms. The van der Waals surface area contributed by atoms with Gasteiger partial charge in [0.2, 0.25) is 0 Å². The smallest absolute Gasteiger partial charge is 0.186 e. The van der Waals surface area contributed by atoms with Crippen LogP contribution in [-0.2, 0) is 12.0 Å². The Balaban J connectivity index is 0.000000569. The average Bonchev–Trinajstić information content (AvgIpc) is 2.88. The number of benzene rings is 1. The Morgan fingerprint density at radius 2 is 1.92 bits per heavy atom. The number of aryl methyl sites for hydroxylation is 1. The van der Waals surface area contributed by atoms with Crippen LogP contribution in [0.3, 0.4) is 0 Å². The summed E-state index contributed by atoms with van der Waals surface area (Å²) in [5.74, 6) is -1.47. The molecule has 2 aliphatic rings. The molecule has 3 heteroatoms. The van der Waals surface area contributed by atoms with Crippen LogP contribution in [0.1, 0.15) is 72.1 Å². The molecule has 4 rings (SSSR count). The first-order valence-electron chi connectivity index (χ1n) is 9.58. The van der Waals surface area contributed by atoms with E-state index in [2.05, 4.69) is 54.9 Å². The van der Waals surface area contributed by atoms with Crippen molar-refractivity contribution >= 4 is 22.2 Å². The summed E-state index contributed by atoms with van der Waals surface area (Å²) in [6.45, 7) is 13.0. The van der Waals surface area contributed by atoms with Crippen molar-refractivity contribution in [1.29, 1.82) is 0 Å². The molecule has 2 aromatic rings. The van der Waals surface area contributed by atoms with Gasteiger partial charge in [0.05, 0.1) is 16.9 Å². The highest BCUT2D eigenvalue weighted by Gasteiger charge is 2.48. The highest BCUT2D eigenvalue weighted by molar-refractivity contribution is 6.04. The summed E-state index contributed by atoms with van der Waals surface area (Å²) in [5, 5.41) is 4.44. The number of halogens is 1. The van der Waals surface area contributed by atoms with Gasteiger partial charge in [-0.15, -0.1) is 0 Å². The second-order valence-electron chi connectivity index (χ2n) is 7.95. The van der Waals surface area contributed by atoms with E-state index in [9.17, 15) is 0 Å². The normalized spacial score (nSPS) is 25.2. The SMILES string of the molecule is C/C=C1/CCCn2c1c1c3c(cccc32)C(C)(C)[C@](C)(F)N1.CCC.